The third kappa shape index (κ3) is 7.63. The Hall–Kier alpha value is -0.860. The molecule has 1 atom stereocenters. The van der Waals surface area contributed by atoms with Crippen LogP contribution in [0.25, 0.3) is 0 Å². The molecule has 0 heterocycles. The molecule has 0 fully saturated rings. The quantitative estimate of drug-likeness (QED) is 0.807. The van der Waals surface area contributed by atoms with Crippen molar-refractivity contribution in [3.8, 4) is 0 Å². The van der Waals surface area contributed by atoms with Crippen molar-refractivity contribution in [3.05, 3.63) is 35.4 Å². The Kier molecular flexibility index (Phi) is 6.89. The Bertz CT molecular complexity index is 401. The first-order valence-corrected chi connectivity index (χ1v) is 8.20. The molecule has 0 spiro atoms. The van der Waals surface area contributed by atoms with Crippen LogP contribution in [0.15, 0.2) is 24.3 Å². The van der Waals surface area contributed by atoms with Gasteiger partial charge in [0.1, 0.15) is 0 Å². The molecule has 0 aliphatic carbocycles. The molecule has 0 amide bonds. The lowest BCUT2D eigenvalue weighted by atomic mass is 9.98. The SMILES string of the molecule is CC(C)CN(C)Cc1ccc(C(C)CNC(C)(C)C)cc1. The van der Waals surface area contributed by atoms with Gasteiger partial charge < -0.3 is 10.2 Å². The molecule has 0 bridgehead atoms. The van der Waals surface area contributed by atoms with Crippen LogP contribution in [0.2, 0.25) is 0 Å². The summed E-state index contributed by atoms with van der Waals surface area (Å²) in [5.41, 5.74) is 3.01. The van der Waals surface area contributed by atoms with E-state index in [1.807, 2.05) is 0 Å². The Morgan fingerprint density at radius 1 is 1.05 bits per heavy atom. The van der Waals surface area contributed by atoms with Gasteiger partial charge in [-0.1, -0.05) is 45.0 Å². The van der Waals surface area contributed by atoms with Crippen LogP contribution in [-0.2, 0) is 6.54 Å². The highest BCUT2D eigenvalue weighted by Gasteiger charge is 2.12. The van der Waals surface area contributed by atoms with E-state index in [0.29, 0.717) is 5.92 Å². The summed E-state index contributed by atoms with van der Waals surface area (Å²) in [6.45, 7) is 16.7. The highest BCUT2D eigenvalue weighted by Crippen LogP contribution is 2.17. The van der Waals surface area contributed by atoms with Gasteiger partial charge in [-0.2, -0.15) is 0 Å². The zero-order valence-electron chi connectivity index (χ0n) is 15.0. The van der Waals surface area contributed by atoms with Crippen molar-refractivity contribution in [2.24, 2.45) is 5.92 Å². The molecule has 2 nitrogen and oxygen atoms in total. The largest absolute Gasteiger partial charge is 0.311 e. The second kappa shape index (κ2) is 7.95. The fourth-order valence-electron chi connectivity index (χ4n) is 2.53. The molecule has 1 rings (SSSR count). The molecule has 120 valence electrons. The number of nitrogens with zero attached hydrogens (tertiary/aromatic N) is 1. The minimum Gasteiger partial charge on any atom is -0.311 e. The third-order valence-corrected chi connectivity index (χ3v) is 3.62. The predicted molar refractivity (Wildman–Crippen MR) is 93.8 cm³/mol. The third-order valence-electron chi connectivity index (χ3n) is 3.62. The lowest BCUT2D eigenvalue weighted by molar-refractivity contribution is 0.288. The Labute approximate surface area is 131 Å². The van der Waals surface area contributed by atoms with Crippen molar-refractivity contribution in [1.29, 1.82) is 0 Å². The van der Waals surface area contributed by atoms with E-state index in [2.05, 4.69) is 83.1 Å². The number of nitrogens with one attached hydrogen (secondary N) is 1. The van der Waals surface area contributed by atoms with E-state index in [0.717, 1.165) is 25.6 Å². The normalized spacial score (nSPS) is 14.0. The standard InChI is InChI=1S/C19H34N2/c1-15(2)13-21(7)14-17-8-10-18(11-9-17)16(3)12-20-19(4,5)6/h8-11,15-16,20H,12-14H2,1-7H3. The van der Waals surface area contributed by atoms with Gasteiger partial charge in [-0.3, -0.25) is 0 Å². The van der Waals surface area contributed by atoms with E-state index in [9.17, 15) is 0 Å². The van der Waals surface area contributed by atoms with Crippen LogP contribution in [0.1, 0.15) is 58.6 Å². The van der Waals surface area contributed by atoms with Gasteiger partial charge in [0.25, 0.3) is 0 Å². The first-order chi connectivity index (χ1) is 9.67. The maximum atomic E-state index is 3.58. The van der Waals surface area contributed by atoms with E-state index < -0.39 is 0 Å². The average Bonchev–Trinajstić information content (AvgIpc) is 2.35. The van der Waals surface area contributed by atoms with Crippen molar-refractivity contribution in [1.82, 2.24) is 10.2 Å². The minimum atomic E-state index is 0.188. The number of benzene rings is 1. The topological polar surface area (TPSA) is 15.3 Å². The Morgan fingerprint density at radius 3 is 2.10 bits per heavy atom. The van der Waals surface area contributed by atoms with Gasteiger partial charge in [0.2, 0.25) is 0 Å². The van der Waals surface area contributed by atoms with E-state index in [4.69, 9.17) is 0 Å². The number of rotatable bonds is 7. The average molecular weight is 290 g/mol. The van der Waals surface area contributed by atoms with Gasteiger partial charge in [-0.15, -0.1) is 0 Å². The molecular formula is C19H34N2. The summed E-state index contributed by atoms with van der Waals surface area (Å²) in [7, 11) is 2.20. The fourth-order valence-corrected chi connectivity index (χ4v) is 2.53. The Morgan fingerprint density at radius 2 is 1.62 bits per heavy atom. The molecule has 0 radical (unpaired) electrons. The molecule has 0 saturated carbocycles. The van der Waals surface area contributed by atoms with Crippen molar-refractivity contribution < 1.29 is 0 Å². The molecular weight excluding hydrogens is 256 g/mol. The van der Waals surface area contributed by atoms with Crippen LogP contribution in [0.4, 0.5) is 0 Å². The van der Waals surface area contributed by atoms with Gasteiger partial charge in [0, 0.05) is 25.2 Å². The van der Waals surface area contributed by atoms with Gasteiger partial charge in [0.15, 0.2) is 0 Å². The summed E-state index contributed by atoms with van der Waals surface area (Å²) >= 11 is 0. The zero-order valence-corrected chi connectivity index (χ0v) is 15.0. The maximum absolute atomic E-state index is 3.58. The zero-order chi connectivity index (χ0) is 16.0. The van der Waals surface area contributed by atoms with Crippen molar-refractivity contribution in [3.63, 3.8) is 0 Å². The first-order valence-electron chi connectivity index (χ1n) is 8.20. The first kappa shape index (κ1) is 18.2. The van der Waals surface area contributed by atoms with Gasteiger partial charge in [-0.05, 0) is 50.8 Å². The van der Waals surface area contributed by atoms with Crippen molar-refractivity contribution >= 4 is 0 Å². The molecule has 1 N–H and O–H groups in total. The second-order valence-electron chi connectivity index (χ2n) is 7.86. The molecule has 1 unspecified atom stereocenters. The lowest BCUT2D eigenvalue weighted by Crippen LogP contribution is -2.38. The summed E-state index contributed by atoms with van der Waals surface area (Å²) < 4.78 is 0. The van der Waals surface area contributed by atoms with E-state index in [-0.39, 0.29) is 5.54 Å². The molecule has 21 heavy (non-hydrogen) atoms. The van der Waals surface area contributed by atoms with Crippen LogP contribution in [0.5, 0.6) is 0 Å². The van der Waals surface area contributed by atoms with Crippen LogP contribution >= 0.6 is 0 Å². The van der Waals surface area contributed by atoms with E-state index in [1.165, 1.54) is 11.1 Å². The molecule has 0 aliphatic heterocycles. The molecule has 1 aromatic rings. The van der Waals surface area contributed by atoms with E-state index >= 15 is 0 Å². The summed E-state index contributed by atoms with van der Waals surface area (Å²) in [6.07, 6.45) is 0. The maximum Gasteiger partial charge on any atom is 0.0230 e. The summed E-state index contributed by atoms with van der Waals surface area (Å²) in [4.78, 5) is 2.39. The summed E-state index contributed by atoms with van der Waals surface area (Å²) in [5, 5.41) is 3.58. The minimum absolute atomic E-state index is 0.188. The predicted octanol–water partition coefficient (Wildman–Crippen LogP) is 4.27. The second-order valence-corrected chi connectivity index (χ2v) is 7.86. The number of hydrogen-bond donors (Lipinski definition) is 1. The van der Waals surface area contributed by atoms with Crippen molar-refractivity contribution in [2.45, 2.75) is 59.5 Å². The van der Waals surface area contributed by atoms with Gasteiger partial charge >= 0.3 is 0 Å². The highest BCUT2D eigenvalue weighted by atomic mass is 15.1. The van der Waals surface area contributed by atoms with Crippen molar-refractivity contribution in [2.75, 3.05) is 20.1 Å². The monoisotopic (exact) mass is 290 g/mol. The molecule has 0 aromatic heterocycles. The highest BCUT2D eigenvalue weighted by molar-refractivity contribution is 5.25. The molecule has 0 saturated heterocycles. The smallest absolute Gasteiger partial charge is 0.0230 e. The molecule has 1 aromatic carbocycles. The Balaban J connectivity index is 2.53. The van der Waals surface area contributed by atoms with Gasteiger partial charge in [0.05, 0.1) is 0 Å². The van der Waals surface area contributed by atoms with Gasteiger partial charge in [-0.25, -0.2) is 0 Å². The van der Waals surface area contributed by atoms with Crippen LogP contribution < -0.4 is 5.32 Å². The summed E-state index contributed by atoms with van der Waals surface area (Å²) in [6, 6.07) is 9.13. The molecule has 2 heteroatoms. The van der Waals surface area contributed by atoms with Crippen LogP contribution in [-0.4, -0.2) is 30.6 Å². The fraction of sp³-hybridized carbons (Fsp3) is 0.684. The van der Waals surface area contributed by atoms with E-state index in [1.54, 1.807) is 0 Å². The number of hydrogen-bond acceptors (Lipinski definition) is 2. The summed E-state index contributed by atoms with van der Waals surface area (Å²) in [5.74, 6) is 1.27. The van der Waals surface area contributed by atoms with Crippen LogP contribution in [0, 0.1) is 5.92 Å². The lowest BCUT2D eigenvalue weighted by Gasteiger charge is -2.24. The van der Waals surface area contributed by atoms with Crippen LogP contribution in [0.3, 0.4) is 0 Å². The molecule has 0 aliphatic rings.